The van der Waals surface area contributed by atoms with Crippen LogP contribution in [0.25, 0.3) is 0 Å². The van der Waals surface area contributed by atoms with E-state index >= 15 is 0 Å². The fraction of sp³-hybridized carbons (Fsp3) is 0.333. The number of amides is 1. The quantitative estimate of drug-likeness (QED) is 0.676. The van der Waals surface area contributed by atoms with Gasteiger partial charge < -0.3 is 10.3 Å². The summed E-state index contributed by atoms with van der Waals surface area (Å²) < 4.78 is 0. The SMILES string of the molecule is Cc1nc2c([nH]1)C[C@H](C(=O)N[C@H](CCc1ccccc1)c1ccccc1)CC2. The molecule has 0 fully saturated rings. The van der Waals surface area contributed by atoms with Gasteiger partial charge in [-0.1, -0.05) is 60.7 Å². The van der Waals surface area contributed by atoms with Crippen LogP contribution in [0.1, 0.15) is 47.2 Å². The van der Waals surface area contributed by atoms with Crippen LogP contribution < -0.4 is 5.32 Å². The molecule has 144 valence electrons. The number of aromatic nitrogens is 2. The van der Waals surface area contributed by atoms with E-state index < -0.39 is 0 Å². The molecule has 4 nitrogen and oxygen atoms in total. The van der Waals surface area contributed by atoms with Crippen LogP contribution in [0.5, 0.6) is 0 Å². The van der Waals surface area contributed by atoms with Gasteiger partial charge in [0.25, 0.3) is 0 Å². The molecule has 1 amide bonds. The summed E-state index contributed by atoms with van der Waals surface area (Å²) in [6.07, 6.45) is 4.32. The summed E-state index contributed by atoms with van der Waals surface area (Å²) in [5.41, 5.74) is 4.73. The molecule has 0 unspecified atom stereocenters. The summed E-state index contributed by atoms with van der Waals surface area (Å²) in [5, 5.41) is 3.34. The van der Waals surface area contributed by atoms with Crippen molar-refractivity contribution in [3.8, 4) is 0 Å². The zero-order chi connectivity index (χ0) is 19.3. The molecule has 0 radical (unpaired) electrons. The minimum Gasteiger partial charge on any atom is -0.349 e. The van der Waals surface area contributed by atoms with Gasteiger partial charge in [0.05, 0.1) is 11.7 Å². The standard InChI is InChI=1S/C24H27N3O/c1-17-25-22-15-13-20(16-23(22)26-17)24(28)27-21(19-10-6-3-7-11-19)14-12-18-8-4-2-5-9-18/h2-11,20-21H,12-16H2,1H3,(H,25,26)(H,27,28)/t20-,21-/m1/s1. The largest absolute Gasteiger partial charge is 0.349 e. The predicted molar refractivity (Wildman–Crippen MR) is 111 cm³/mol. The number of nitrogens with zero attached hydrogens (tertiary/aromatic N) is 1. The molecular weight excluding hydrogens is 346 g/mol. The maximum Gasteiger partial charge on any atom is 0.223 e. The Bertz CT molecular complexity index is 918. The molecule has 1 aliphatic carbocycles. The third kappa shape index (κ3) is 4.33. The minimum atomic E-state index is 0.00953. The Balaban J connectivity index is 1.45. The molecule has 0 aliphatic heterocycles. The molecule has 4 heteroatoms. The number of carbonyl (C=O) groups excluding carboxylic acids is 1. The lowest BCUT2D eigenvalue weighted by molar-refractivity contribution is -0.126. The summed E-state index contributed by atoms with van der Waals surface area (Å²) in [7, 11) is 0. The van der Waals surface area contributed by atoms with Crippen LogP contribution in [0.15, 0.2) is 60.7 Å². The fourth-order valence-electron chi connectivity index (χ4n) is 4.10. The second-order valence-electron chi connectivity index (χ2n) is 7.68. The van der Waals surface area contributed by atoms with Crippen molar-refractivity contribution in [2.24, 2.45) is 5.92 Å². The Hall–Kier alpha value is -2.88. The van der Waals surface area contributed by atoms with Crippen LogP contribution in [-0.4, -0.2) is 15.9 Å². The van der Waals surface area contributed by atoms with Gasteiger partial charge in [-0.2, -0.15) is 0 Å². The number of carbonyl (C=O) groups is 1. The monoisotopic (exact) mass is 373 g/mol. The molecule has 1 heterocycles. The first-order valence-corrected chi connectivity index (χ1v) is 10.1. The van der Waals surface area contributed by atoms with Crippen LogP contribution in [0, 0.1) is 12.8 Å². The maximum absolute atomic E-state index is 13.1. The second kappa shape index (κ2) is 8.42. The first kappa shape index (κ1) is 18.5. The van der Waals surface area contributed by atoms with Gasteiger partial charge in [-0.05, 0) is 43.7 Å². The van der Waals surface area contributed by atoms with Crippen molar-refractivity contribution < 1.29 is 4.79 Å². The number of benzene rings is 2. The highest BCUT2D eigenvalue weighted by Crippen LogP contribution is 2.26. The van der Waals surface area contributed by atoms with E-state index in [1.54, 1.807) is 0 Å². The van der Waals surface area contributed by atoms with Gasteiger partial charge in [-0.25, -0.2) is 4.98 Å². The molecule has 1 aliphatic rings. The first-order valence-electron chi connectivity index (χ1n) is 10.1. The Labute approximate surface area is 166 Å². The van der Waals surface area contributed by atoms with Gasteiger partial charge >= 0.3 is 0 Å². The number of imidazole rings is 1. The summed E-state index contributed by atoms with van der Waals surface area (Å²) in [6.45, 7) is 1.97. The molecule has 1 aromatic heterocycles. The van der Waals surface area contributed by atoms with E-state index in [1.165, 1.54) is 11.1 Å². The van der Waals surface area contributed by atoms with Crippen molar-refractivity contribution in [3.05, 3.63) is 89.0 Å². The molecule has 4 rings (SSSR count). The zero-order valence-corrected chi connectivity index (χ0v) is 16.3. The topological polar surface area (TPSA) is 57.8 Å². The highest BCUT2D eigenvalue weighted by Gasteiger charge is 2.28. The number of fused-ring (bicyclic) bond motifs is 1. The highest BCUT2D eigenvalue weighted by molar-refractivity contribution is 5.79. The minimum absolute atomic E-state index is 0.00953. The number of nitrogens with one attached hydrogen (secondary N) is 2. The van der Waals surface area contributed by atoms with Crippen LogP contribution in [0.2, 0.25) is 0 Å². The van der Waals surface area contributed by atoms with E-state index in [4.69, 9.17) is 0 Å². The normalized spacial score (nSPS) is 17.0. The number of rotatable bonds is 6. The Morgan fingerprint density at radius 1 is 1.14 bits per heavy atom. The Kier molecular flexibility index (Phi) is 5.56. The van der Waals surface area contributed by atoms with Gasteiger partial charge in [0, 0.05) is 18.0 Å². The van der Waals surface area contributed by atoms with E-state index in [0.717, 1.165) is 49.3 Å². The number of H-pyrrole nitrogens is 1. The van der Waals surface area contributed by atoms with Crippen LogP contribution in [0.3, 0.4) is 0 Å². The van der Waals surface area contributed by atoms with Crippen molar-refractivity contribution in [1.29, 1.82) is 0 Å². The lowest BCUT2D eigenvalue weighted by Gasteiger charge is -2.25. The summed E-state index contributed by atoms with van der Waals surface area (Å²) in [6, 6.07) is 20.8. The van der Waals surface area contributed by atoms with Crippen molar-refractivity contribution in [2.45, 2.75) is 45.1 Å². The number of aryl methyl sites for hydroxylation is 3. The highest BCUT2D eigenvalue weighted by atomic mass is 16.1. The van der Waals surface area contributed by atoms with Crippen LogP contribution >= 0.6 is 0 Å². The Morgan fingerprint density at radius 2 is 1.86 bits per heavy atom. The van der Waals surface area contributed by atoms with Crippen LogP contribution in [-0.2, 0) is 24.1 Å². The molecule has 0 spiro atoms. The van der Waals surface area contributed by atoms with Gasteiger partial charge in [0.15, 0.2) is 0 Å². The van der Waals surface area contributed by atoms with Crippen molar-refractivity contribution in [3.63, 3.8) is 0 Å². The van der Waals surface area contributed by atoms with E-state index in [2.05, 4.69) is 51.7 Å². The molecule has 2 N–H and O–H groups in total. The fourth-order valence-corrected chi connectivity index (χ4v) is 4.10. The van der Waals surface area contributed by atoms with Crippen molar-refractivity contribution in [1.82, 2.24) is 15.3 Å². The number of hydrogen-bond donors (Lipinski definition) is 2. The van der Waals surface area contributed by atoms with Crippen LogP contribution in [0.4, 0.5) is 0 Å². The molecule has 0 bridgehead atoms. The third-order valence-electron chi connectivity index (χ3n) is 5.62. The second-order valence-corrected chi connectivity index (χ2v) is 7.68. The van der Waals surface area contributed by atoms with E-state index in [9.17, 15) is 4.79 Å². The summed E-state index contributed by atoms with van der Waals surface area (Å²) >= 11 is 0. The molecular formula is C24H27N3O. The lowest BCUT2D eigenvalue weighted by Crippen LogP contribution is -2.36. The Morgan fingerprint density at radius 3 is 2.61 bits per heavy atom. The van der Waals surface area contributed by atoms with E-state index in [-0.39, 0.29) is 17.9 Å². The van der Waals surface area contributed by atoms with Gasteiger partial charge in [-0.15, -0.1) is 0 Å². The summed E-state index contributed by atoms with van der Waals surface area (Å²) in [4.78, 5) is 20.9. The third-order valence-corrected chi connectivity index (χ3v) is 5.62. The lowest BCUT2D eigenvalue weighted by atomic mass is 9.88. The molecule has 0 saturated carbocycles. The smallest absolute Gasteiger partial charge is 0.223 e. The van der Waals surface area contributed by atoms with Crippen molar-refractivity contribution in [2.75, 3.05) is 0 Å². The first-order chi connectivity index (χ1) is 13.7. The van der Waals surface area contributed by atoms with Gasteiger partial charge in [-0.3, -0.25) is 4.79 Å². The molecule has 3 aromatic rings. The average Bonchev–Trinajstić information content (AvgIpc) is 3.11. The predicted octanol–water partition coefficient (Wildman–Crippen LogP) is 4.31. The molecule has 2 atom stereocenters. The number of hydrogen-bond acceptors (Lipinski definition) is 2. The molecule has 0 saturated heterocycles. The molecule has 2 aromatic carbocycles. The van der Waals surface area contributed by atoms with Gasteiger partial charge in [0.2, 0.25) is 5.91 Å². The van der Waals surface area contributed by atoms with E-state index in [0.29, 0.717) is 0 Å². The van der Waals surface area contributed by atoms with E-state index in [1.807, 2.05) is 31.2 Å². The number of aromatic amines is 1. The summed E-state index contributed by atoms with van der Waals surface area (Å²) in [5.74, 6) is 1.10. The zero-order valence-electron chi connectivity index (χ0n) is 16.3. The maximum atomic E-state index is 13.1. The molecule has 28 heavy (non-hydrogen) atoms. The van der Waals surface area contributed by atoms with Gasteiger partial charge in [0.1, 0.15) is 5.82 Å². The average molecular weight is 374 g/mol. The van der Waals surface area contributed by atoms with Crippen molar-refractivity contribution >= 4 is 5.91 Å².